The lowest BCUT2D eigenvalue weighted by atomic mass is 9.72. The molecule has 2 saturated heterocycles. The summed E-state index contributed by atoms with van der Waals surface area (Å²) in [6, 6.07) is 35.9. The smallest absolute Gasteiger partial charge is 0.436 e. The van der Waals surface area contributed by atoms with Crippen LogP contribution in [0, 0.1) is 0 Å². The number of para-hydroxylation sites is 4. The lowest BCUT2D eigenvalue weighted by molar-refractivity contribution is 0.00578. The average Bonchev–Trinajstić information content (AvgIpc) is 3.98. The lowest BCUT2D eigenvalue weighted by Gasteiger charge is -2.32. The minimum Gasteiger partial charge on any atom is -0.436 e. The minimum absolute atomic E-state index is 0.349. The highest BCUT2D eigenvalue weighted by Crippen LogP contribution is 2.38. The molecular weight excluding hydrogens is 750 g/mol. The maximum absolute atomic E-state index is 6.15. The molecule has 8 aromatic rings. The van der Waals surface area contributed by atoms with Crippen molar-refractivity contribution < 1.29 is 27.5 Å². The van der Waals surface area contributed by atoms with Crippen molar-refractivity contribution in [3.05, 3.63) is 134 Å². The van der Waals surface area contributed by atoms with Crippen molar-refractivity contribution in [1.82, 2.24) is 19.9 Å². The highest BCUT2D eigenvalue weighted by atomic mass is 16.7. The Balaban J connectivity index is 0.000000168. The van der Waals surface area contributed by atoms with E-state index in [9.17, 15) is 0 Å². The van der Waals surface area contributed by atoms with Crippen LogP contribution in [0.4, 0.5) is 0 Å². The number of aromatic nitrogens is 4. The fourth-order valence-electron chi connectivity index (χ4n) is 7.11. The van der Waals surface area contributed by atoms with Crippen LogP contribution >= 0.6 is 0 Å². The average molecular weight is 797 g/mol. The van der Waals surface area contributed by atoms with Crippen LogP contribution in [0.25, 0.3) is 67.4 Å². The van der Waals surface area contributed by atoms with Gasteiger partial charge < -0.3 is 27.5 Å². The number of nitrogens with zero attached hydrogens (tertiary/aromatic N) is 4. The van der Waals surface area contributed by atoms with E-state index in [0.717, 1.165) is 66.5 Å². The molecule has 60 heavy (non-hydrogen) atoms. The number of pyridine rings is 2. The normalized spacial score (nSPS) is 17.5. The van der Waals surface area contributed by atoms with Gasteiger partial charge in [0.25, 0.3) is 0 Å². The van der Waals surface area contributed by atoms with Crippen molar-refractivity contribution in [3.63, 3.8) is 0 Å². The van der Waals surface area contributed by atoms with Gasteiger partial charge in [-0.05, 0) is 120 Å². The molecule has 0 aliphatic carbocycles. The summed E-state index contributed by atoms with van der Waals surface area (Å²) in [5, 5.41) is 0. The van der Waals surface area contributed by atoms with Crippen molar-refractivity contribution in [2.24, 2.45) is 0 Å². The molecule has 10 nitrogen and oxygen atoms in total. The molecule has 2 fully saturated rings. The number of rotatable bonds is 6. The van der Waals surface area contributed by atoms with Gasteiger partial charge in [0.1, 0.15) is 11.0 Å². The fourth-order valence-corrected chi connectivity index (χ4v) is 7.11. The van der Waals surface area contributed by atoms with E-state index in [1.165, 1.54) is 0 Å². The number of hydrogen-bond donors (Lipinski definition) is 0. The van der Waals surface area contributed by atoms with Crippen molar-refractivity contribution >= 4 is 47.4 Å². The third-order valence-electron chi connectivity index (χ3n) is 12.0. The van der Waals surface area contributed by atoms with Gasteiger partial charge >= 0.3 is 14.2 Å². The van der Waals surface area contributed by atoms with E-state index in [-0.39, 0.29) is 36.6 Å². The van der Waals surface area contributed by atoms with E-state index in [2.05, 4.69) is 99.6 Å². The van der Waals surface area contributed by atoms with Crippen LogP contribution in [-0.4, -0.2) is 56.6 Å². The number of hydrogen-bond acceptors (Lipinski definition) is 10. The van der Waals surface area contributed by atoms with Crippen LogP contribution in [0.2, 0.25) is 0 Å². The van der Waals surface area contributed by atoms with Crippen molar-refractivity contribution in [1.29, 1.82) is 0 Å². The molecule has 0 spiro atoms. The fraction of sp³-hybridized carbons (Fsp3) is 0.250. The molecule has 0 bridgehead atoms. The molecule has 0 unspecified atom stereocenters. The minimum atomic E-state index is -0.377. The first-order valence-electron chi connectivity index (χ1n) is 20.2. The third kappa shape index (κ3) is 7.56. The molecule has 0 saturated carbocycles. The Morgan fingerprint density at radius 3 is 1.17 bits per heavy atom. The molecule has 4 aromatic heterocycles. The maximum atomic E-state index is 6.15. The van der Waals surface area contributed by atoms with Crippen molar-refractivity contribution in [3.8, 4) is 45.2 Å². The zero-order chi connectivity index (χ0) is 41.9. The first-order chi connectivity index (χ1) is 28.6. The zero-order valence-electron chi connectivity index (χ0n) is 35.1. The number of fused-ring (bicyclic) bond motifs is 2. The molecule has 0 radical (unpaired) electrons. The van der Waals surface area contributed by atoms with Gasteiger partial charge in [0.2, 0.25) is 11.8 Å². The second kappa shape index (κ2) is 15.0. The summed E-state index contributed by atoms with van der Waals surface area (Å²) >= 11 is 0. The van der Waals surface area contributed by atoms with Gasteiger partial charge in [-0.1, -0.05) is 66.7 Å². The summed E-state index contributed by atoms with van der Waals surface area (Å²) in [7, 11) is -0.755. The monoisotopic (exact) mass is 796 g/mol. The summed E-state index contributed by atoms with van der Waals surface area (Å²) in [5.74, 6) is 1.11. The molecule has 2 aliphatic rings. The van der Waals surface area contributed by atoms with E-state index in [0.29, 0.717) is 11.8 Å². The van der Waals surface area contributed by atoms with Gasteiger partial charge in [-0.2, -0.15) is 0 Å². The van der Waals surface area contributed by atoms with Gasteiger partial charge in [-0.25, -0.2) is 9.97 Å². The molecule has 2 aliphatic heterocycles. The molecule has 12 heteroatoms. The highest BCUT2D eigenvalue weighted by molar-refractivity contribution is 6.66. The Kier molecular flexibility index (Phi) is 9.87. The SMILES string of the molecule is CC1(C)OB(c2cccc(B3OC(C)(C)C(C)(C)O3)c2)OC1(C)C.c1cc(-c2cncc(-c3nc4ccccc4o3)c2)cc(-c2cncc(-c3nc4ccccc4o3)c2)c1. The van der Waals surface area contributed by atoms with Crippen LogP contribution in [0.1, 0.15) is 55.4 Å². The van der Waals surface area contributed by atoms with E-state index in [1.807, 2.05) is 97.3 Å². The molecule has 4 aromatic carbocycles. The molecule has 10 rings (SSSR count). The Hall–Kier alpha value is -5.91. The van der Waals surface area contributed by atoms with E-state index < -0.39 is 0 Å². The van der Waals surface area contributed by atoms with Crippen molar-refractivity contribution in [2.75, 3.05) is 0 Å². The third-order valence-corrected chi connectivity index (χ3v) is 12.0. The number of oxazole rings is 2. The van der Waals surface area contributed by atoms with Gasteiger partial charge in [0.05, 0.1) is 33.5 Å². The first kappa shape index (κ1) is 39.5. The van der Waals surface area contributed by atoms with Crippen molar-refractivity contribution in [2.45, 2.75) is 77.8 Å². The second-order valence-electron chi connectivity index (χ2n) is 17.3. The maximum Gasteiger partial charge on any atom is 0.494 e. The van der Waals surface area contributed by atoms with Gasteiger partial charge in [0.15, 0.2) is 11.2 Å². The van der Waals surface area contributed by atoms with Crippen LogP contribution in [-0.2, 0) is 18.6 Å². The van der Waals surface area contributed by atoms with Gasteiger partial charge in [-0.15, -0.1) is 0 Å². The molecular formula is C48H46B2N4O6. The molecule has 0 atom stereocenters. The quantitative estimate of drug-likeness (QED) is 0.151. The molecule has 0 amide bonds. The summed E-state index contributed by atoms with van der Waals surface area (Å²) < 4.78 is 36.5. The summed E-state index contributed by atoms with van der Waals surface area (Å²) in [4.78, 5) is 18.1. The van der Waals surface area contributed by atoms with Crippen LogP contribution in [0.5, 0.6) is 0 Å². The predicted molar refractivity (Wildman–Crippen MR) is 237 cm³/mol. The second-order valence-corrected chi connectivity index (χ2v) is 17.3. The standard InChI is InChI=1S/C30H18N4O2.C18H28B2O4/c1-3-10-27-25(8-1)33-29(35-27)23-13-21(15-31-17-23)19-6-5-7-20(12-19)22-14-24(18-32-16-22)30-34-26-9-2-4-11-28(26)36-30;1-15(2)16(3,4)22-19(21-15)13-10-9-11-14(12-13)20-23-17(5,6)18(7,8)24-20/h1-18H;9-12H,1-8H3. The van der Waals surface area contributed by atoms with Crippen LogP contribution in [0.15, 0.2) is 143 Å². The van der Waals surface area contributed by atoms with Crippen LogP contribution < -0.4 is 10.9 Å². The Morgan fingerprint density at radius 1 is 0.383 bits per heavy atom. The number of benzene rings is 4. The van der Waals surface area contributed by atoms with Gasteiger partial charge in [-0.3, -0.25) is 9.97 Å². The molecule has 0 N–H and O–H groups in total. The zero-order valence-corrected chi connectivity index (χ0v) is 35.1. The predicted octanol–water partition coefficient (Wildman–Crippen LogP) is 9.71. The molecule has 300 valence electrons. The Labute approximate surface area is 350 Å². The topological polar surface area (TPSA) is 115 Å². The summed E-state index contributed by atoms with van der Waals surface area (Å²) in [6.07, 6.45) is 7.23. The Morgan fingerprint density at radius 2 is 0.750 bits per heavy atom. The Bertz CT molecular complexity index is 2570. The van der Waals surface area contributed by atoms with Crippen LogP contribution in [0.3, 0.4) is 0 Å². The molecule has 6 heterocycles. The summed E-state index contributed by atoms with van der Waals surface area (Å²) in [5.41, 5.74) is 9.40. The highest BCUT2D eigenvalue weighted by Gasteiger charge is 2.53. The van der Waals surface area contributed by atoms with Gasteiger partial charge in [0, 0.05) is 35.9 Å². The largest absolute Gasteiger partial charge is 0.494 e. The van der Waals surface area contributed by atoms with E-state index in [1.54, 1.807) is 12.4 Å². The first-order valence-corrected chi connectivity index (χ1v) is 20.2. The van der Waals surface area contributed by atoms with E-state index >= 15 is 0 Å². The lowest BCUT2D eigenvalue weighted by Crippen LogP contribution is -2.41. The summed E-state index contributed by atoms with van der Waals surface area (Å²) in [6.45, 7) is 16.5. The van der Waals surface area contributed by atoms with E-state index in [4.69, 9.17) is 27.5 Å².